The molecular formula is C21H26N2O3S. The third-order valence-electron chi connectivity index (χ3n) is 4.24. The number of carbonyl (C=O) groups excluding carboxylic acids is 2. The van der Waals surface area contributed by atoms with Crippen molar-refractivity contribution < 1.29 is 14.7 Å². The van der Waals surface area contributed by atoms with Crippen LogP contribution in [0.15, 0.2) is 48.5 Å². The van der Waals surface area contributed by atoms with E-state index in [4.69, 9.17) is 0 Å². The fourth-order valence-electron chi connectivity index (χ4n) is 2.63. The molecule has 1 unspecified atom stereocenters. The highest BCUT2D eigenvalue weighted by atomic mass is 32.2. The van der Waals surface area contributed by atoms with E-state index in [1.165, 1.54) is 16.7 Å². The van der Waals surface area contributed by atoms with Gasteiger partial charge in [0.25, 0.3) is 0 Å². The molecule has 0 bridgehead atoms. The van der Waals surface area contributed by atoms with E-state index < -0.39 is 6.10 Å². The van der Waals surface area contributed by atoms with Crippen LogP contribution in [0.5, 0.6) is 0 Å². The summed E-state index contributed by atoms with van der Waals surface area (Å²) in [5, 5.41) is 13.0. The number of carbonyl (C=O) groups is 2. The second-order valence-corrected chi connectivity index (χ2v) is 7.54. The maximum atomic E-state index is 12.2. The number of hydrogen-bond acceptors (Lipinski definition) is 4. The Morgan fingerprint density at radius 2 is 1.70 bits per heavy atom. The second kappa shape index (κ2) is 10.1. The lowest BCUT2D eigenvalue weighted by Gasteiger charge is -2.18. The van der Waals surface area contributed by atoms with E-state index in [-0.39, 0.29) is 24.1 Å². The second-order valence-electron chi connectivity index (χ2n) is 6.51. The maximum absolute atomic E-state index is 12.2. The SMILES string of the molecule is Cc1cccc(C)c1NC(=O)CN(C)C(=O)CSCC(O)c1ccccc1. The number of aliphatic hydroxyl groups excluding tert-OH is 1. The molecule has 0 aliphatic heterocycles. The van der Waals surface area contributed by atoms with Gasteiger partial charge in [-0.25, -0.2) is 0 Å². The van der Waals surface area contributed by atoms with Gasteiger partial charge in [0.05, 0.1) is 18.4 Å². The molecule has 0 heterocycles. The summed E-state index contributed by atoms with van der Waals surface area (Å²) < 4.78 is 0. The van der Waals surface area contributed by atoms with Gasteiger partial charge in [-0.1, -0.05) is 48.5 Å². The molecule has 1 atom stereocenters. The number of nitrogens with zero attached hydrogens (tertiary/aromatic N) is 1. The summed E-state index contributed by atoms with van der Waals surface area (Å²) in [6, 6.07) is 15.2. The van der Waals surface area contributed by atoms with Gasteiger partial charge in [-0.2, -0.15) is 0 Å². The Hall–Kier alpha value is -2.31. The zero-order chi connectivity index (χ0) is 19.8. The van der Waals surface area contributed by atoms with Gasteiger partial charge in [-0.05, 0) is 30.5 Å². The lowest BCUT2D eigenvalue weighted by atomic mass is 10.1. The van der Waals surface area contributed by atoms with Gasteiger partial charge < -0.3 is 15.3 Å². The minimum Gasteiger partial charge on any atom is -0.388 e. The number of likely N-dealkylation sites (N-methyl/N-ethyl adjacent to an activating group) is 1. The molecule has 0 fully saturated rings. The maximum Gasteiger partial charge on any atom is 0.243 e. The fraction of sp³-hybridized carbons (Fsp3) is 0.333. The van der Waals surface area contributed by atoms with Crippen molar-refractivity contribution in [2.75, 3.05) is 30.4 Å². The molecule has 0 saturated carbocycles. The minimum absolute atomic E-state index is 0.00555. The van der Waals surface area contributed by atoms with Crippen LogP contribution in [0.3, 0.4) is 0 Å². The molecule has 0 aliphatic carbocycles. The molecule has 2 amide bonds. The van der Waals surface area contributed by atoms with Crippen LogP contribution in [0.25, 0.3) is 0 Å². The number of benzene rings is 2. The van der Waals surface area contributed by atoms with Crippen molar-refractivity contribution in [2.24, 2.45) is 0 Å². The Morgan fingerprint density at radius 1 is 1.07 bits per heavy atom. The number of aliphatic hydroxyl groups is 1. The van der Waals surface area contributed by atoms with Gasteiger partial charge in [0.2, 0.25) is 11.8 Å². The highest BCUT2D eigenvalue weighted by Crippen LogP contribution is 2.20. The van der Waals surface area contributed by atoms with E-state index in [0.717, 1.165) is 22.4 Å². The molecule has 0 aliphatic rings. The molecule has 5 nitrogen and oxygen atoms in total. The summed E-state index contributed by atoms with van der Waals surface area (Å²) in [6.45, 7) is 3.87. The van der Waals surface area contributed by atoms with E-state index in [2.05, 4.69) is 5.32 Å². The number of aryl methyl sites for hydroxylation is 2. The van der Waals surface area contributed by atoms with Crippen LogP contribution in [-0.4, -0.2) is 46.9 Å². The summed E-state index contributed by atoms with van der Waals surface area (Å²) >= 11 is 1.36. The van der Waals surface area contributed by atoms with Gasteiger partial charge in [-0.3, -0.25) is 9.59 Å². The first-order chi connectivity index (χ1) is 12.9. The van der Waals surface area contributed by atoms with E-state index >= 15 is 0 Å². The quantitative estimate of drug-likeness (QED) is 0.731. The van der Waals surface area contributed by atoms with Crippen LogP contribution < -0.4 is 5.32 Å². The smallest absolute Gasteiger partial charge is 0.243 e. The number of para-hydroxylation sites is 1. The zero-order valence-electron chi connectivity index (χ0n) is 15.9. The van der Waals surface area contributed by atoms with Crippen LogP contribution >= 0.6 is 11.8 Å². The Labute approximate surface area is 164 Å². The molecule has 27 heavy (non-hydrogen) atoms. The first-order valence-electron chi connectivity index (χ1n) is 8.79. The highest BCUT2D eigenvalue weighted by Gasteiger charge is 2.15. The number of anilines is 1. The zero-order valence-corrected chi connectivity index (χ0v) is 16.8. The fourth-order valence-corrected chi connectivity index (χ4v) is 3.56. The molecule has 2 N–H and O–H groups in total. The molecule has 144 valence electrons. The molecular weight excluding hydrogens is 360 g/mol. The van der Waals surface area contributed by atoms with Crippen molar-refractivity contribution in [3.05, 3.63) is 65.2 Å². The van der Waals surface area contributed by atoms with Crippen LogP contribution in [0.2, 0.25) is 0 Å². The van der Waals surface area contributed by atoms with Crippen LogP contribution in [-0.2, 0) is 9.59 Å². The van der Waals surface area contributed by atoms with Gasteiger partial charge in [0, 0.05) is 18.5 Å². The first-order valence-corrected chi connectivity index (χ1v) is 9.94. The molecule has 0 aromatic heterocycles. The molecule has 2 aromatic carbocycles. The Bertz CT molecular complexity index is 760. The summed E-state index contributed by atoms with van der Waals surface area (Å²) in [6.07, 6.45) is -0.610. The Morgan fingerprint density at radius 3 is 2.33 bits per heavy atom. The lowest BCUT2D eigenvalue weighted by molar-refractivity contribution is -0.131. The number of nitrogens with one attached hydrogen (secondary N) is 1. The van der Waals surface area contributed by atoms with Crippen molar-refractivity contribution in [1.29, 1.82) is 0 Å². The van der Waals surface area contributed by atoms with Crippen molar-refractivity contribution in [3.63, 3.8) is 0 Å². The predicted molar refractivity (Wildman–Crippen MR) is 111 cm³/mol. The number of hydrogen-bond donors (Lipinski definition) is 2. The molecule has 0 radical (unpaired) electrons. The van der Waals surface area contributed by atoms with Gasteiger partial charge >= 0.3 is 0 Å². The van der Waals surface area contributed by atoms with Crippen molar-refractivity contribution in [2.45, 2.75) is 20.0 Å². The van der Waals surface area contributed by atoms with Gasteiger partial charge in [0.1, 0.15) is 0 Å². The van der Waals surface area contributed by atoms with E-state index in [0.29, 0.717) is 5.75 Å². The Kier molecular flexibility index (Phi) is 7.88. The summed E-state index contributed by atoms with van der Waals surface area (Å²) in [5.41, 5.74) is 3.60. The van der Waals surface area contributed by atoms with E-state index in [1.807, 2.05) is 62.4 Å². The molecule has 0 spiro atoms. The van der Waals surface area contributed by atoms with Crippen molar-refractivity contribution in [1.82, 2.24) is 4.90 Å². The van der Waals surface area contributed by atoms with Gasteiger partial charge in [-0.15, -0.1) is 11.8 Å². The number of rotatable bonds is 8. The monoisotopic (exact) mass is 386 g/mol. The predicted octanol–water partition coefficient (Wildman–Crippen LogP) is 3.17. The van der Waals surface area contributed by atoms with Crippen molar-refractivity contribution in [3.8, 4) is 0 Å². The van der Waals surface area contributed by atoms with Crippen LogP contribution in [0.1, 0.15) is 22.8 Å². The molecule has 2 aromatic rings. The van der Waals surface area contributed by atoms with Gasteiger partial charge in [0.15, 0.2) is 0 Å². The molecule has 0 saturated heterocycles. The largest absolute Gasteiger partial charge is 0.388 e. The van der Waals surface area contributed by atoms with E-state index in [9.17, 15) is 14.7 Å². The normalized spacial score (nSPS) is 11.7. The molecule has 2 rings (SSSR count). The average molecular weight is 387 g/mol. The summed E-state index contributed by atoms with van der Waals surface area (Å²) in [7, 11) is 1.61. The standard InChI is InChI=1S/C21H26N2O3S/c1-15-8-7-9-16(2)21(15)22-19(25)12-23(3)20(26)14-27-13-18(24)17-10-5-4-6-11-17/h4-11,18,24H,12-14H2,1-3H3,(H,22,25). The third kappa shape index (κ3) is 6.41. The number of amides is 2. The van der Waals surface area contributed by atoms with Crippen LogP contribution in [0, 0.1) is 13.8 Å². The van der Waals surface area contributed by atoms with Crippen molar-refractivity contribution >= 4 is 29.3 Å². The third-order valence-corrected chi connectivity index (χ3v) is 5.24. The minimum atomic E-state index is -0.610. The topological polar surface area (TPSA) is 69.6 Å². The lowest BCUT2D eigenvalue weighted by Crippen LogP contribution is -2.36. The summed E-state index contributed by atoms with van der Waals surface area (Å²) in [5.74, 6) is 0.282. The van der Waals surface area contributed by atoms with E-state index in [1.54, 1.807) is 7.05 Å². The van der Waals surface area contributed by atoms with Crippen LogP contribution in [0.4, 0.5) is 5.69 Å². The summed E-state index contributed by atoms with van der Waals surface area (Å²) in [4.78, 5) is 25.9. The first kappa shape index (κ1) is 21.0. The average Bonchev–Trinajstić information content (AvgIpc) is 2.65. The number of thioether (sulfide) groups is 1. The Balaban J connectivity index is 1.77. The highest BCUT2D eigenvalue weighted by molar-refractivity contribution is 7.99. The molecule has 6 heteroatoms.